The molecule has 2 unspecified atom stereocenters. The van der Waals surface area contributed by atoms with E-state index in [9.17, 15) is 32.7 Å². The Kier molecular flexibility index (Phi) is 9.77. The second kappa shape index (κ2) is 13.6. The van der Waals surface area contributed by atoms with Crippen LogP contribution in [-0.4, -0.2) is 40.0 Å². The fourth-order valence-corrected chi connectivity index (χ4v) is 4.25. The molecule has 0 spiro atoms. The van der Waals surface area contributed by atoms with Gasteiger partial charge in [0, 0.05) is 11.8 Å². The third-order valence-corrected chi connectivity index (χ3v) is 6.32. The van der Waals surface area contributed by atoms with Crippen LogP contribution in [0.5, 0.6) is 0 Å². The predicted molar refractivity (Wildman–Crippen MR) is 151 cm³/mol. The monoisotopic (exact) mass is 579 g/mol. The van der Waals surface area contributed by atoms with Crippen LogP contribution in [0.1, 0.15) is 11.1 Å². The summed E-state index contributed by atoms with van der Waals surface area (Å²) in [4.78, 5) is 38.7. The molecule has 42 heavy (non-hydrogen) atoms. The Morgan fingerprint density at radius 2 is 1.43 bits per heavy atom. The van der Waals surface area contributed by atoms with E-state index < -0.39 is 42.4 Å². The van der Waals surface area contributed by atoms with Crippen LogP contribution in [0.15, 0.2) is 108 Å². The molecule has 0 radical (unpaired) electrons. The Labute approximate surface area is 239 Å². The number of aliphatic hydroxyl groups is 1. The number of carbonyl (C=O) groups excluding carboxylic acids is 2. The lowest BCUT2D eigenvalue weighted by Gasteiger charge is -2.26. The van der Waals surface area contributed by atoms with Gasteiger partial charge in [-0.2, -0.15) is 13.2 Å². The summed E-state index contributed by atoms with van der Waals surface area (Å²) in [5, 5.41) is 14.6. The second-order valence-electron chi connectivity index (χ2n) is 9.48. The number of halogens is 3. The van der Waals surface area contributed by atoms with Crippen molar-refractivity contribution in [3.63, 3.8) is 0 Å². The molecule has 3 aromatic carbocycles. The molecule has 1 aromatic heterocycles. The summed E-state index contributed by atoms with van der Waals surface area (Å²) in [6.07, 6.45) is -7.68. The lowest BCUT2D eigenvalue weighted by atomic mass is 10.0. The van der Waals surface area contributed by atoms with Crippen molar-refractivity contribution < 1.29 is 32.6 Å². The van der Waals surface area contributed by atoms with Gasteiger partial charge in [0.15, 0.2) is 6.10 Å². The number of nitrogens with one attached hydrogen (secondary N) is 2. The van der Waals surface area contributed by atoms with Crippen molar-refractivity contribution in [3.05, 3.63) is 125 Å². The number of amides is 2. The van der Waals surface area contributed by atoms with Gasteiger partial charge in [0.1, 0.15) is 18.8 Å². The Morgan fingerprint density at radius 3 is 2.02 bits per heavy atom. The van der Waals surface area contributed by atoms with Crippen LogP contribution < -0.4 is 16.2 Å². The highest BCUT2D eigenvalue weighted by Crippen LogP contribution is 2.24. The zero-order valence-corrected chi connectivity index (χ0v) is 22.3. The van der Waals surface area contributed by atoms with Crippen molar-refractivity contribution >= 4 is 17.7 Å². The molecule has 4 rings (SSSR count). The molecule has 11 heteroatoms. The number of hydrogen-bond acceptors (Lipinski definition) is 5. The molecule has 0 fully saturated rings. The van der Waals surface area contributed by atoms with Crippen molar-refractivity contribution in [1.82, 2.24) is 9.88 Å². The Bertz CT molecular complexity index is 1550. The fourth-order valence-electron chi connectivity index (χ4n) is 4.25. The van der Waals surface area contributed by atoms with Gasteiger partial charge in [0.05, 0.1) is 6.04 Å². The maximum Gasteiger partial charge on any atom is 0.416 e. The Hall–Kier alpha value is -4.90. The number of hydrogen-bond donors (Lipinski definition) is 3. The van der Waals surface area contributed by atoms with Gasteiger partial charge in [-0.05, 0) is 29.2 Å². The molecule has 0 aliphatic rings. The first-order valence-corrected chi connectivity index (χ1v) is 13.0. The van der Waals surface area contributed by atoms with Gasteiger partial charge >= 0.3 is 12.3 Å². The van der Waals surface area contributed by atoms with Gasteiger partial charge in [-0.3, -0.25) is 14.9 Å². The maximum atomic E-state index is 13.4. The summed E-state index contributed by atoms with van der Waals surface area (Å²) in [5.74, 6) is -0.941. The van der Waals surface area contributed by atoms with E-state index in [1.54, 1.807) is 84.9 Å². The van der Waals surface area contributed by atoms with Crippen molar-refractivity contribution in [2.45, 2.75) is 37.9 Å². The normalized spacial score (nSPS) is 12.7. The van der Waals surface area contributed by atoms with Crippen LogP contribution in [0.4, 0.5) is 23.7 Å². The van der Waals surface area contributed by atoms with Crippen molar-refractivity contribution in [1.29, 1.82) is 0 Å². The summed E-state index contributed by atoms with van der Waals surface area (Å²) in [6, 6.07) is 25.5. The zero-order chi connectivity index (χ0) is 30.1. The molecule has 8 nitrogen and oxygen atoms in total. The van der Waals surface area contributed by atoms with Crippen LogP contribution >= 0.6 is 0 Å². The summed E-state index contributed by atoms with van der Waals surface area (Å²) in [6.45, 7) is -0.727. The SMILES string of the molecule is O=C(Cn1cc(-c2ccccc2)cc(NC(=O)OCc2ccccc2)c1=O)NC(Cc1ccccc1)C(O)C(F)(F)F. The highest BCUT2D eigenvalue weighted by Gasteiger charge is 2.44. The van der Waals surface area contributed by atoms with Gasteiger partial charge in [0.2, 0.25) is 5.91 Å². The molecule has 4 aromatic rings. The minimum absolute atomic E-state index is 0.0496. The van der Waals surface area contributed by atoms with Gasteiger partial charge in [-0.1, -0.05) is 91.0 Å². The molecule has 2 amide bonds. The number of nitrogens with zero attached hydrogens (tertiary/aromatic N) is 1. The van der Waals surface area contributed by atoms with Gasteiger partial charge in [-0.25, -0.2) is 4.79 Å². The van der Waals surface area contributed by atoms with E-state index in [1.807, 2.05) is 6.07 Å². The third-order valence-electron chi connectivity index (χ3n) is 6.32. The quantitative estimate of drug-likeness (QED) is 0.247. The second-order valence-corrected chi connectivity index (χ2v) is 9.48. The van der Waals surface area contributed by atoms with Crippen LogP contribution in [0.2, 0.25) is 0 Å². The van der Waals surface area contributed by atoms with Crippen molar-refractivity contribution in [2.24, 2.45) is 0 Å². The predicted octanol–water partition coefficient (Wildman–Crippen LogP) is 4.91. The highest BCUT2D eigenvalue weighted by atomic mass is 19.4. The van der Waals surface area contributed by atoms with E-state index >= 15 is 0 Å². The summed E-state index contributed by atoms with van der Waals surface area (Å²) >= 11 is 0. The number of carbonyl (C=O) groups is 2. The molecular weight excluding hydrogens is 551 g/mol. The van der Waals surface area contributed by atoms with Crippen molar-refractivity contribution in [2.75, 3.05) is 5.32 Å². The molecule has 1 heterocycles. The van der Waals surface area contributed by atoms with E-state index in [0.717, 1.165) is 10.1 Å². The molecular formula is C31H28F3N3O5. The third kappa shape index (κ3) is 8.31. The van der Waals surface area contributed by atoms with Crippen LogP contribution in [0.25, 0.3) is 11.1 Å². The molecule has 0 saturated carbocycles. The first-order valence-electron chi connectivity index (χ1n) is 13.0. The fraction of sp³-hybridized carbons (Fsp3) is 0.194. The largest absolute Gasteiger partial charge is 0.444 e. The van der Waals surface area contributed by atoms with E-state index in [2.05, 4.69) is 10.6 Å². The molecule has 0 saturated heterocycles. The average Bonchev–Trinajstić information content (AvgIpc) is 2.98. The number of anilines is 1. The number of benzene rings is 3. The van der Waals surface area contributed by atoms with Gasteiger partial charge < -0.3 is 19.7 Å². The number of rotatable bonds is 10. The van der Waals surface area contributed by atoms with E-state index in [4.69, 9.17) is 4.74 Å². The van der Waals surface area contributed by atoms with Crippen molar-refractivity contribution in [3.8, 4) is 11.1 Å². The van der Waals surface area contributed by atoms with Gasteiger partial charge in [-0.15, -0.1) is 0 Å². The number of pyridine rings is 1. The van der Waals surface area contributed by atoms with E-state index in [1.165, 1.54) is 12.3 Å². The Morgan fingerprint density at radius 1 is 0.857 bits per heavy atom. The standard InChI is InChI=1S/C31H28F3N3O5/c32-31(33,34)28(39)25(16-21-10-4-1-5-11-21)35-27(38)19-37-18-24(23-14-8-3-9-15-23)17-26(29(37)40)36-30(41)42-20-22-12-6-2-7-13-22/h1-15,17-18,25,28,39H,16,19-20H2,(H,35,38)(H,36,41). The summed E-state index contributed by atoms with van der Waals surface area (Å²) in [7, 11) is 0. The molecule has 0 bridgehead atoms. The molecule has 0 aliphatic heterocycles. The lowest BCUT2D eigenvalue weighted by Crippen LogP contribution is -2.52. The smallest absolute Gasteiger partial charge is 0.416 e. The maximum absolute atomic E-state index is 13.4. The Balaban J connectivity index is 1.57. The topological polar surface area (TPSA) is 110 Å². The first-order chi connectivity index (χ1) is 20.1. The highest BCUT2D eigenvalue weighted by molar-refractivity contribution is 5.85. The number of ether oxygens (including phenoxy) is 1. The molecule has 218 valence electrons. The van der Waals surface area contributed by atoms with E-state index in [-0.39, 0.29) is 18.7 Å². The minimum Gasteiger partial charge on any atom is -0.444 e. The lowest BCUT2D eigenvalue weighted by molar-refractivity contribution is -0.212. The molecule has 3 N–H and O–H groups in total. The van der Waals surface area contributed by atoms with Crippen LogP contribution in [0.3, 0.4) is 0 Å². The number of aliphatic hydroxyl groups excluding tert-OH is 1. The van der Waals surface area contributed by atoms with E-state index in [0.29, 0.717) is 16.7 Å². The summed E-state index contributed by atoms with van der Waals surface area (Å²) < 4.78 is 46.4. The average molecular weight is 580 g/mol. The van der Waals surface area contributed by atoms with Gasteiger partial charge in [0.25, 0.3) is 5.56 Å². The zero-order valence-electron chi connectivity index (χ0n) is 22.3. The summed E-state index contributed by atoms with van der Waals surface area (Å²) in [5.41, 5.74) is 1.33. The molecule has 2 atom stereocenters. The van der Waals surface area contributed by atoms with Crippen LogP contribution in [-0.2, 0) is 29.1 Å². The number of alkyl halides is 3. The number of aromatic nitrogens is 1. The minimum atomic E-state index is -4.99. The molecule has 0 aliphatic carbocycles. The first kappa shape index (κ1) is 30.1. The van der Waals surface area contributed by atoms with Crippen LogP contribution in [0, 0.1) is 0 Å².